The molecule has 0 spiro atoms. The summed E-state index contributed by atoms with van der Waals surface area (Å²) in [5.41, 5.74) is 1.83. The summed E-state index contributed by atoms with van der Waals surface area (Å²) in [6.07, 6.45) is 3.11. The van der Waals surface area contributed by atoms with Crippen molar-refractivity contribution in [3.63, 3.8) is 0 Å². The molecule has 30 heavy (non-hydrogen) atoms. The van der Waals surface area contributed by atoms with Crippen molar-refractivity contribution in [1.82, 2.24) is 25.4 Å². The van der Waals surface area contributed by atoms with E-state index < -0.39 is 0 Å². The van der Waals surface area contributed by atoms with Gasteiger partial charge >= 0.3 is 6.09 Å². The summed E-state index contributed by atoms with van der Waals surface area (Å²) in [5, 5.41) is 14.6. The zero-order chi connectivity index (χ0) is 21.1. The van der Waals surface area contributed by atoms with Gasteiger partial charge in [-0.1, -0.05) is 6.07 Å². The molecule has 4 rings (SSSR count). The number of amides is 1. The summed E-state index contributed by atoms with van der Waals surface area (Å²) in [5.74, 6) is 2.03. The van der Waals surface area contributed by atoms with E-state index in [-0.39, 0.29) is 23.7 Å². The van der Waals surface area contributed by atoms with Crippen LogP contribution in [0.2, 0.25) is 0 Å². The molecule has 0 saturated heterocycles. The first kappa shape index (κ1) is 20.7. The van der Waals surface area contributed by atoms with Crippen molar-refractivity contribution in [3.05, 3.63) is 35.7 Å². The average molecular weight is 413 g/mol. The maximum absolute atomic E-state index is 12.1. The second kappa shape index (κ2) is 8.63. The second-order valence-electron chi connectivity index (χ2n) is 9.17. The maximum atomic E-state index is 12.1. The van der Waals surface area contributed by atoms with Gasteiger partial charge in [-0.25, -0.2) is 14.5 Å². The lowest BCUT2D eigenvalue weighted by molar-refractivity contribution is 0.100. The van der Waals surface area contributed by atoms with Gasteiger partial charge in [0.2, 0.25) is 0 Å². The highest BCUT2D eigenvalue weighted by molar-refractivity contribution is 5.67. The highest BCUT2D eigenvalue weighted by atomic mass is 16.6. The molecule has 1 aliphatic carbocycles. The molecule has 8 heteroatoms. The zero-order valence-electron chi connectivity index (χ0n) is 18.1. The third-order valence-electron chi connectivity index (χ3n) is 5.61. The van der Waals surface area contributed by atoms with Gasteiger partial charge in [0.05, 0.1) is 16.9 Å². The zero-order valence-corrected chi connectivity index (χ0v) is 18.1. The highest BCUT2D eigenvalue weighted by Gasteiger charge is 2.32. The van der Waals surface area contributed by atoms with Gasteiger partial charge in [0.1, 0.15) is 17.7 Å². The number of carbonyl (C=O) groups excluding carboxylic acids is 1. The largest absolute Gasteiger partial charge is 0.446 e. The lowest BCUT2D eigenvalue weighted by atomic mass is 10.0. The van der Waals surface area contributed by atoms with Crippen LogP contribution in [0, 0.1) is 0 Å². The minimum absolute atomic E-state index is 0.0541. The van der Waals surface area contributed by atoms with Crippen LogP contribution in [0.3, 0.4) is 0 Å². The lowest BCUT2D eigenvalue weighted by Gasteiger charge is -2.22. The summed E-state index contributed by atoms with van der Waals surface area (Å²) >= 11 is 0. The fourth-order valence-corrected chi connectivity index (χ4v) is 4.11. The Morgan fingerprint density at radius 2 is 2.07 bits per heavy atom. The molecule has 2 aromatic rings. The van der Waals surface area contributed by atoms with Crippen molar-refractivity contribution in [2.75, 3.05) is 18.4 Å². The van der Waals surface area contributed by atoms with Gasteiger partial charge in [-0.15, -0.1) is 0 Å². The molecule has 0 radical (unpaired) electrons. The van der Waals surface area contributed by atoms with E-state index in [0.29, 0.717) is 13.1 Å². The Hall–Kier alpha value is -2.61. The minimum Gasteiger partial charge on any atom is -0.446 e. The van der Waals surface area contributed by atoms with Gasteiger partial charge in [-0.3, -0.25) is 0 Å². The molecule has 1 aliphatic heterocycles. The number of rotatable bonds is 0. The van der Waals surface area contributed by atoms with E-state index in [2.05, 4.69) is 42.8 Å². The van der Waals surface area contributed by atoms with E-state index in [1.807, 2.05) is 22.9 Å². The van der Waals surface area contributed by atoms with Crippen LogP contribution in [-0.2, 0) is 16.8 Å². The van der Waals surface area contributed by atoms with Gasteiger partial charge in [-0.05, 0) is 65.1 Å². The van der Waals surface area contributed by atoms with Crippen LogP contribution in [0.15, 0.2) is 24.3 Å². The molecule has 8 nitrogen and oxygen atoms in total. The number of hydrogen-bond donors (Lipinski definition) is 3. The molecule has 1 amide bonds. The predicted molar refractivity (Wildman–Crippen MR) is 116 cm³/mol. The number of aromatic nitrogens is 3. The van der Waals surface area contributed by atoms with Crippen LogP contribution in [0.5, 0.6) is 0 Å². The fraction of sp³-hybridized carbons (Fsp3) is 0.591. The van der Waals surface area contributed by atoms with Crippen LogP contribution in [0.4, 0.5) is 16.4 Å². The van der Waals surface area contributed by atoms with Crippen LogP contribution in [-0.4, -0.2) is 40.1 Å². The van der Waals surface area contributed by atoms with Gasteiger partial charge in [0, 0.05) is 25.1 Å². The lowest BCUT2D eigenvalue weighted by Crippen LogP contribution is -2.30. The Bertz CT molecular complexity index is 888. The molecule has 2 aliphatic rings. The topological polar surface area (TPSA) is 93.1 Å². The highest BCUT2D eigenvalue weighted by Crippen LogP contribution is 2.37. The average Bonchev–Trinajstić information content (AvgIpc) is 3.31. The van der Waals surface area contributed by atoms with Gasteiger partial charge in [-0.2, -0.15) is 5.10 Å². The maximum Gasteiger partial charge on any atom is 0.407 e. The number of fused-ring (bicyclic) bond motifs is 7. The first-order valence-electron chi connectivity index (χ1n) is 10.9. The first-order valence-corrected chi connectivity index (χ1v) is 10.9. The number of hydrogen-bond acceptors (Lipinski definition) is 6. The summed E-state index contributed by atoms with van der Waals surface area (Å²) < 4.78 is 7.67. The van der Waals surface area contributed by atoms with Crippen molar-refractivity contribution in [1.29, 1.82) is 0 Å². The van der Waals surface area contributed by atoms with Crippen molar-refractivity contribution in [2.24, 2.45) is 0 Å². The Balaban J connectivity index is 1.63. The Morgan fingerprint density at radius 3 is 2.90 bits per heavy atom. The van der Waals surface area contributed by atoms with Gasteiger partial charge in [0.25, 0.3) is 0 Å². The number of nitrogens with one attached hydrogen (secondary N) is 3. The molecule has 0 aromatic carbocycles. The second-order valence-corrected chi connectivity index (χ2v) is 9.17. The molecule has 1 saturated carbocycles. The Labute approximate surface area is 177 Å². The third kappa shape index (κ3) is 4.92. The van der Waals surface area contributed by atoms with Crippen LogP contribution < -0.4 is 16.0 Å². The quantitative estimate of drug-likeness (QED) is 0.612. The smallest absolute Gasteiger partial charge is 0.407 e. The number of carbonyl (C=O) groups is 1. The minimum atomic E-state index is -0.321. The molecule has 6 bridgehead atoms. The number of anilines is 2. The molecule has 162 valence electrons. The molecular weight excluding hydrogens is 380 g/mol. The van der Waals surface area contributed by atoms with E-state index in [0.717, 1.165) is 55.3 Å². The van der Waals surface area contributed by atoms with E-state index in [1.165, 1.54) is 0 Å². The van der Waals surface area contributed by atoms with Crippen molar-refractivity contribution in [3.8, 4) is 0 Å². The first-order chi connectivity index (χ1) is 14.4. The Kier molecular flexibility index (Phi) is 5.94. The van der Waals surface area contributed by atoms with Crippen LogP contribution in [0.25, 0.3) is 0 Å². The van der Waals surface area contributed by atoms with E-state index in [9.17, 15) is 4.79 Å². The van der Waals surface area contributed by atoms with Crippen LogP contribution >= 0.6 is 0 Å². The molecule has 3 heterocycles. The summed E-state index contributed by atoms with van der Waals surface area (Å²) in [6, 6.07) is 8.13. The van der Waals surface area contributed by atoms with Crippen molar-refractivity contribution >= 4 is 17.7 Å². The van der Waals surface area contributed by atoms with E-state index in [4.69, 9.17) is 14.8 Å². The molecule has 1 fully saturated rings. The number of nitrogens with zero attached hydrogens (tertiary/aromatic N) is 3. The summed E-state index contributed by atoms with van der Waals surface area (Å²) in [7, 11) is 0. The van der Waals surface area contributed by atoms with Crippen molar-refractivity contribution in [2.45, 2.75) is 70.6 Å². The molecule has 2 aromatic heterocycles. The predicted octanol–water partition coefficient (Wildman–Crippen LogP) is 3.63. The standard InChI is InChI=1S/C22H32N6O2/c1-22(2,3)28-20-13-18(27-28)15-8-9-17(12-15)30-21(29)24-11-5-10-23-14-16-6-4-7-19(25-16)26-20/h4,6-7,13,15,17,23H,5,8-12,14H2,1-3H3,(H,24,29)(H,25,26)/t15-,17+/m1/s1. The number of alkyl carbamates (subject to hydrolysis) is 1. The fourth-order valence-electron chi connectivity index (χ4n) is 4.11. The molecule has 3 N–H and O–H groups in total. The Morgan fingerprint density at radius 1 is 1.20 bits per heavy atom. The molecular formula is C22H32N6O2. The normalized spacial score (nSPS) is 23.0. The van der Waals surface area contributed by atoms with E-state index in [1.54, 1.807) is 0 Å². The monoisotopic (exact) mass is 412 g/mol. The summed E-state index contributed by atoms with van der Waals surface area (Å²) in [6.45, 7) is 8.49. The van der Waals surface area contributed by atoms with Gasteiger partial charge in [0.15, 0.2) is 0 Å². The molecule has 0 unspecified atom stereocenters. The summed E-state index contributed by atoms with van der Waals surface area (Å²) in [4.78, 5) is 16.8. The number of ether oxygens (including phenoxy) is 1. The van der Waals surface area contributed by atoms with Crippen molar-refractivity contribution < 1.29 is 9.53 Å². The molecule has 2 atom stereocenters. The number of pyridine rings is 1. The van der Waals surface area contributed by atoms with E-state index >= 15 is 0 Å². The van der Waals surface area contributed by atoms with Gasteiger partial charge < -0.3 is 20.7 Å². The van der Waals surface area contributed by atoms with Crippen LogP contribution in [0.1, 0.15) is 63.8 Å². The SMILES string of the molecule is CC(C)(C)n1nc2cc1Nc1cccc(n1)CNCCCNC(=O)O[C@H]1CC[C@@H]2C1. The third-order valence-corrected chi connectivity index (χ3v) is 5.61.